The minimum absolute atomic E-state index is 0.145. The third-order valence-electron chi connectivity index (χ3n) is 5.20. The average molecular weight is 444 g/mol. The monoisotopic (exact) mass is 443 g/mol. The fourth-order valence-electron chi connectivity index (χ4n) is 3.66. The zero-order valence-electron chi connectivity index (χ0n) is 17.8. The van der Waals surface area contributed by atoms with E-state index >= 15 is 0 Å². The summed E-state index contributed by atoms with van der Waals surface area (Å²) < 4.78 is 26.2. The van der Waals surface area contributed by atoms with Crippen LogP contribution in [0.1, 0.15) is 43.8 Å². The van der Waals surface area contributed by atoms with Gasteiger partial charge in [0.1, 0.15) is 10.9 Å². The second-order valence-electron chi connectivity index (χ2n) is 7.27. The van der Waals surface area contributed by atoms with Gasteiger partial charge in [0.15, 0.2) is 0 Å². The lowest BCUT2D eigenvalue weighted by Crippen LogP contribution is -2.13. The number of aromatic nitrogens is 2. The first-order valence-corrected chi connectivity index (χ1v) is 13.0. The summed E-state index contributed by atoms with van der Waals surface area (Å²) in [5.41, 5.74) is 3.89. The molecule has 0 saturated carbocycles. The molecule has 0 saturated heterocycles. The van der Waals surface area contributed by atoms with Crippen LogP contribution in [0, 0.1) is 0 Å². The minimum Gasteiger partial charge on any atom is -0.326 e. The van der Waals surface area contributed by atoms with Crippen molar-refractivity contribution in [2.75, 3.05) is 6.26 Å². The van der Waals surface area contributed by atoms with Crippen LogP contribution in [0.3, 0.4) is 0 Å². The number of thioether (sulfide) groups is 1. The number of rotatable bonds is 9. The summed E-state index contributed by atoms with van der Waals surface area (Å²) in [5, 5.41) is 6.50. The molecule has 0 spiro atoms. The second kappa shape index (κ2) is 9.81. The summed E-state index contributed by atoms with van der Waals surface area (Å²) in [4.78, 5) is 5.03. The predicted octanol–water partition coefficient (Wildman–Crippen LogP) is 4.87. The van der Waals surface area contributed by atoms with Crippen LogP contribution in [0.2, 0.25) is 0 Å². The highest BCUT2D eigenvalue weighted by molar-refractivity contribution is 7.98. The zero-order chi connectivity index (χ0) is 21.7. The first-order valence-electron chi connectivity index (χ1n) is 10.2. The summed E-state index contributed by atoms with van der Waals surface area (Å²) in [5.74, 6) is 1.14. The van der Waals surface area contributed by atoms with E-state index in [2.05, 4.69) is 36.8 Å². The zero-order valence-corrected chi connectivity index (χ0v) is 19.4. The van der Waals surface area contributed by atoms with E-state index in [1.165, 1.54) is 5.69 Å². The SMILES string of the molecule is CCCCc1nc(SC)c(CC)n1Cc1ccc(-c2ccccc2S(N)(=O)=O)cc1. The lowest BCUT2D eigenvalue weighted by Gasteiger charge is -2.13. The Labute approximate surface area is 183 Å². The molecule has 1 heterocycles. The van der Waals surface area contributed by atoms with E-state index in [0.29, 0.717) is 5.56 Å². The van der Waals surface area contributed by atoms with Crippen molar-refractivity contribution in [2.24, 2.45) is 5.14 Å². The molecule has 0 amide bonds. The highest BCUT2D eigenvalue weighted by atomic mass is 32.2. The number of nitrogens with zero attached hydrogens (tertiary/aromatic N) is 2. The van der Waals surface area contributed by atoms with Crippen LogP contribution in [-0.4, -0.2) is 24.2 Å². The first-order chi connectivity index (χ1) is 14.4. The molecule has 0 aliphatic heterocycles. The maximum absolute atomic E-state index is 11.9. The molecule has 0 fully saturated rings. The second-order valence-corrected chi connectivity index (χ2v) is 9.59. The van der Waals surface area contributed by atoms with Gasteiger partial charge in [0.25, 0.3) is 0 Å². The highest BCUT2D eigenvalue weighted by Crippen LogP contribution is 2.28. The average Bonchev–Trinajstić information content (AvgIpc) is 3.08. The summed E-state index contributed by atoms with van der Waals surface area (Å²) in [7, 11) is -3.78. The molecule has 5 nitrogen and oxygen atoms in total. The molecular weight excluding hydrogens is 414 g/mol. The molecule has 2 N–H and O–H groups in total. The van der Waals surface area contributed by atoms with E-state index in [4.69, 9.17) is 10.1 Å². The normalized spacial score (nSPS) is 11.7. The minimum atomic E-state index is -3.78. The Kier molecular flexibility index (Phi) is 7.39. The maximum Gasteiger partial charge on any atom is 0.238 e. The molecule has 0 aliphatic rings. The lowest BCUT2D eigenvalue weighted by atomic mass is 10.0. The van der Waals surface area contributed by atoms with Crippen LogP contribution in [0.4, 0.5) is 0 Å². The molecular formula is C23H29N3O2S2. The summed E-state index contributed by atoms with van der Waals surface area (Å²) >= 11 is 1.70. The largest absolute Gasteiger partial charge is 0.326 e. The van der Waals surface area contributed by atoms with Gasteiger partial charge >= 0.3 is 0 Å². The lowest BCUT2D eigenvalue weighted by molar-refractivity contribution is 0.598. The van der Waals surface area contributed by atoms with Gasteiger partial charge in [-0.25, -0.2) is 18.5 Å². The number of primary sulfonamides is 1. The third kappa shape index (κ3) is 4.96. The number of nitrogens with two attached hydrogens (primary N) is 1. The molecule has 0 bridgehead atoms. The Balaban J connectivity index is 1.93. The molecule has 0 radical (unpaired) electrons. The number of sulfonamides is 1. The van der Waals surface area contributed by atoms with Gasteiger partial charge in [-0.15, -0.1) is 11.8 Å². The summed E-state index contributed by atoms with van der Waals surface area (Å²) in [6, 6.07) is 14.9. The Morgan fingerprint density at radius 2 is 1.77 bits per heavy atom. The quantitative estimate of drug-likeness (QED) is 0.479. The van der Waals surface area contributed by atoms with Crippen molar-refractivity contribution in [3.05, 3.63) is 65.6 Å². The van der Waals surface area contributed by atoms with Crippen molar-refractivity contribution in [3.63, 3.8) is 0 Å². The van der Waals surface area contributed by atoms with E-state index < -0.39 is 10.0 Å². The maximum atomic E-state index is 11.9. The van der Waals surface area contributed by atoms with Gasteiger partial charge in [0.2, 0.25) is 10.0 Å². The molecule has 3 aromatic rings. The van der Waals surface area contributed by atoms with Crippen LogP contribution < -0.4 is 5.14 Å². The van der Waals surface area contributed by atoms with Crippen LogP contribution in [-0.2, 0) is 29.4 Å². The Hall–Kier alpha value is -2.09. The summed E-state index contributed by atoms with van der Waals surface area (Å²) in [6.45, 7) is 5.12. The molecule has 0 aliphatic carbocycles. The van der Waals surface area contributed by atoms with Crippen LogP contribution in [0.15, 0.2) is 58.5 Å². The van der Waals surface area contributed by atoms with E-state index in [9.17, 15) is 8.42 Å². The van der Waals surface area contributed by atoms with Gasteiger partial charge in [0, 0.05) is 18.5 Å². The topological polar surface area (TPSA) is 78.0 Å². The number of benzene rings is 2. The van der Waals surface area contributed by atoms with E-state index in [1.54, 1.807) is 30.0 Å². The molecule has 2 aromatic carbocycles. The van der Waals surface area contributed by atoms with Crippen molar-refractivity contribution in [1.82, 2.24) is 9.55 Å². The molecule has 0 atom stereocenters. The fourth-order valence-corrected chi connectivity index (χ4v) is 5.10. The molecule has 30 heavy (non-hydrogen) atoms. The Morgan fingerprint density at radius 3 is 2.37 bits per heavy atom. The van der Waals surface area contributed by atoms with Crippen LogP contribution >= 0.6 is 11.8 Å². The van der Waals surface area contributed by atoms with Crippen molar-refractivity contribution in [1.29, 1.82) is 0 Å². The van der Waals surface area contributed by atoms with Gasteiger partial charge in [-0.2, -0.15) is 0 Å². The molecule has 160 valence electrons. The summed E-state index contributed by atoms with van der Waals surface area (Å²) in [6.07, 6.45) is 6.25. The van der Waals surface area contributed by atoms with Crippen molar-refractivity contribution >= 4 is 21.8 Å². The molecule has 7 heteroatoms. The number of aryl methyl sites for hydroxylation is 1. The van der Waals surface area contributed by atoms with Gasteiger partial charge in [0.05, 0.1) is 10.6 Å². The Morgan fingerprint density at radius 1 is 1.07 bits per heavy atom. The first kappa shape index (κ1) is 22.6. The van der Waals surface area contributed by atoms with E-state index in [-0.39, 0.29) is 4.90 Å². The van der Waals surface area contributed by atoms with E-state index in [0.717, 1.165) is 54.2 Å². The fraction of sp³-hybridized carbons (Fsp3) is 0.348. The Bertz CT molecular complexity index is 1100. The van der Waals surface area contributed by atoms with Crippen molar-refractivity contribution in [2.45, 2.75) is 56.0 Å². The third-order valence-corrected chi connectivity index (χ3v) is 6.88. The van der Waals surface area contributed by atoms with Gasteiger partial charge in [-0.05, 0) is 36.3 Å². The number of hydrogen-bond donors (Lipinski definition) is 1. The number of hydrogen-bond acceptors (Lipinski definition) is 4. The molecule has 1 aromatic heterocycles. The van der Waals surface area contributed by atoms with Gasteiger partial charge in [-0.3, -0.25) is 0 Å². The van der Waals surface area contributed by atoms with Crippen molar-refractivity contribution in [3.8, 4) is 11.1 Å². The highest BCUT2D eigenvalue weighted by Gasteiger charge is 2.17. The van der Waals surface area contributed by atoms with Crippen LogP contribution in [0.25, 0.3) is 11.1 Å². The van der Waals surface area contributed by atoms with Crippen LogP contribution in [0.5, 0.6) is 0 Å². The molecule has 0 unspecified atom stereocenters. The smallest absolute Gasteiger partial charge is 0.238 e. The number of unbranched alkanes of at least 4 members (excludes halogenated alkanes) is 1. The van der Waals surface area contributed by atoms with Crippen molar-refractivity contribution < 1.29 is 8.42 Å². The standard InChI is InChI=1S/C23H29N3O2S2/c1-4-6-11-22-25-23(29-3)20(5-2)26(22)16-17-12-14-18(15-13-17)19-9-7-8-10-21(19)30(24,27)28/h7-10,12-15H,4-6,11,16H2,1-3H3,(H2,24,27,28). The molecule has 3 rings (SSSR count). The van der Waals surface area contributed by atoms with Gasteiger partial charge in [-0.1, -0.05) is 62.7 Å². The predicted molar refractivity (Wildman–Crippen MR) is 124 cm³/mol. The van der Waals surface area contributed by atoms with Gasteiger partial charge < -0.3 is 4.57 Å². The number of imidazole rings is 1. The van der Waals surface area contributed by atoms with E-state index in [1.807, 2.05) is 18.2 Å².